The topological polar surface area (TPSA) is 13.1 Å². The largest absolute Gasteiger partial charge is 0.464 e. The van der Waals surface area contributed by atoms with Gasteiger partial charge in [0.05, 0.1) is 6.26 Å². The lowest BCUT2D eigenvalue weighted by Crippen LogP contribution is -1.92. The van der Waals surface area contributed by atoms with Crippen LogP contribution in [0.2, 0.25) is 0 Å². The maximum atomic E-state index is 5.42. The first-order chi connectivity index (χ1) is 6.27. The molecule has 0 amide bonds. The van der Waals surface area contributed by atoms with Gasteiger partial charge in [0.2, 0.25) is 0 Å². The Hall–Kier alpha value is -1.24. The fraction of sp³-hybridized carbons (Fsp3) is 0.250. The molecule has 0 spiro atoms. The zero-order chi connectivity index (χ0) is 9.26. The molecular formula is C12H13O. The molecule has 1 heterocycles. The predicted octanol–water partition coefficient (Wildman–Crippen LogP) is 3.45. The molecule has 0 bridgehead atoms. The van der Waals surface area contributed by atoms with E-state index in [0.717, 1.165) is 12.0 Å². The molecule has 1 unspecified atom stereocenters. The van der Waals surface area contributed by atoms with Crippen molar-refractivity contribution >= 4 is 11.0 Å². The highest BCUT2D eigenvalue weighted by atomic mass is 16.3. The highest BCUT2D eigenvalue weighted by Gasteiger charge is 2.05. The van der Waals surface area contributed by atoms with Crippen LogP contribution in [0.25, 0.3) is 11.0 Å². The molecule has 0 saturated carbocycles. The van der Waals surface area contributed by atoms with E-state index in [1.807, 2.05) is 24.5 Å². The van der Waals surface area contributed by atoms with Crippen LogP contribution in [0, 0.1) is 12.8 Å². The minimum atomic E-state index is 0.431. The number of benzene rings is 1. The Morgan fingerprint density at radius 1 is 1.38 bits per heavy atom. The third-order valence-electron chi connectivity index (χ3n) is 2.13. The van der Waals surface area contributed by atoms with E-state index in [-0.39, 0.29) is 0 Å². The van der Waals surface area contributed by atoms with Crippen LogP contribution in [0.4, 0.5) is 0 Å². The molecule has 0 aliphatic rings. The number of hydrogen-bond donors (Lipinski definition) is 0. The number of hydrogen-bond acceptors (Lipinski definition) is 1. The van der Waals surface area contributed by atoms with E-state index in [1.165, 1.54) is 10.9 Å². The van der Waals surface area contributed by atoms with Crippen molar-refractivity contribution in [2.45, 2.75) is 13.3 Å². The third kappa shape index (κ3) is 1.59. The van der Waals surface area contributed by atoms with E-state index in [9.17, 15) is 0 Å². The van der Waals surface area contributed by atoms with Crippen molar-refractivity contribution in [2.24, 2.45) is 5.92 Å². The summed E-state index contributed by atoms with van der Waals surface area (Å²) >= 11 is 0. The van der Waals surface area contributed by atoms with Crippen LogP contribution in [-0.2, 0) is 6.42 Å². The number of para-hydroxylation sites is 1. The van der Waals surface area contributed by atoms with E-state index < -0.39 is 0 Å². The first-order valence-corrected chi connectivity index (χ1v) is 4.55. The fourth-order valence-corrected chi connectivity index (χ4v) is 1.57. The average molecular weight is 173 g/mol. The van der Waals surface area contributed by atoms with Crippen molar-refractivity contribution in [3.8, 4) is 0 Å². The Labute approximate surface area is 78.4 Å². The van der Waals surface area contributed by atoms with Crippen LogP contribution >= 0.6 is 0 Å². The molecule has 1 atom stereocenters. The standard InChI is InChI=1S/C12H13O/c1-9(2)7-10-8-13-12-6-4-3-5-11(10)12/h3-6,8-9H,1,7H2,2H3. The molecule has 1 heteroatoms. The van der Waals surface area contributed by atoms with Crippen LogP contribution in [0.5, 0.6) is 0 Å². The van der Waals surface area contributed by atoms with Gasteiger partial charge in [0, 0.05) is 5.39 Å². The van der Waals surface area contributed by atoms with E-state index >= 15 is 0 Å². The molecule has 2 aromatic rings. The van der Waals surface area contributed by atoms with Crippen molar-refractivity contribution in [1.82, 2.24) is 0 Å². The molecule has 0 aliphatic heterocycles. The highest BCUT2D eigenvalue weighted by molar-refractivity contribution is 5.80. The van der Waals surface area contributed by atoms with Gasteiger partial charge in [-0.05, 0) is 24.0 Å². The van der Waals surface area contributed by atoms with Gasteiger partial charge in [-0.25, -0.2) is 0 Å². The molecule has 0 fully saturated rings. The van der Waals surface area contributed by atoms with E-state index in [4.69, 9.17) is 4.42 Å². The fourth-order valence-electron chi connectivity index (χ4n) is 1.57. The SMILES string of the molecule is [CH2]C(C)Cc1coc2ccccc12. The average Bonchev–Trinajstić information content (AvgIpc) is 2.48. The quantitative estimate of drug-likeness (QED) is 0.678. The summed E-state index contributed by atoms with van der Waals surface area (Å²) in [6.45, 7) is 6.09. The zero-order valence-corrected chi connectivity index (χ0v) is 7.79. The molecule has 0 N–H and O–H groups in total. The van der Waals surface area contributed by atoms with Crippen LogP contribution < -0.4 is 0 Å². The Morgan fingerprint density at radius 2 is 2.15 bits per heavy atom. The van der Waals surface area contributed by atoms with Gasteiger partial charge in [-0.3, -0.25) is 0 Å². The summed E-state index contributed by atoms with van der Waals surface area (Å²) in [5, 5.41) is 1.22. The van der Waals surface area contributed by atoms with Crippen molar-refractivity contribution in [3.05, 3.63) is 43.0 Å². The minimum absolute atomic E-state index is 0.431. The Balaban J connectivity index is 2.46. The summed E-state index contributed by atoms with van der Waals surface area (Å²) in [4.78, 5) is 0. The summed E-state index contributed by atoms with van der Waals surface area (Å²) in [6.07, 6.45) is 2.82. The van der Waals surface area contributed by atoms with Crippen molar-refractivity contribution in [2.75, 3.05) is 0 Å². The second-order valence-electron chi connectivity index (χ2n) is 3.57. The van der Waals surface area contributed by atoms with Crippen molar-refractivity contribution in [3.63, 3.8) is 0 Å². The normalized spacial score (nSPS) is 11.3. The van der Waals surface area contributed by atoms with Crippen LogP contribution in [0.15, 0.2) is 34.9 Å². The first kappa shape index (κ1) is 8.36. The van der Waals surface area contributed by atoms with Gasteiger partial charge < -0.3 is 4.42 Å². The lowest BCUT2D eigenvalue weighted by Gasteiger charge is -2.00. The molecule has 1 aromatic heterocycles. The molecule has 0 aliphatic carbocycles. The van der Waals surface area contributed by atoms with Gasteiger partial charge in [0.1, 0.15) is 5.58 Å². The minimum Gasteiger partial charge on any atom is -0.464 e. The summed E-state index contributed by atoms with van der Waals surface area (Å²) in [5.74, 6) is 0.431. The van der Waals surface area contributed by atoms with Crippen LogP contribution in [0.3, 0.4) is 0 Å². The van der Waals surface area contributed by atoms with Crippen molar-refractivity contribution < 1.29 is 4.42 Å². The zero-order valence-electron chi connectivity index (χ0n) is 7.79. The van der Waals surface area contributed by atoms with Gasteiger partial charge in [0.25, 0.3) is 0 Å². The molecule has 1 nitrogen and oxygen atoms in total. The van der Waals surface area contributed by atoms with Gasteiger partial charge in [-0.2, -0.15) is 0 Å². The first-order valence-electron chi connectivity index (χ1n) is 4.55. The summed E-state index contributed by atoms with van der Waals surface area (Å²) in [5.41, 5.74) is 2.23. The lowest BCUT2D eigenvalue weighted by atomic mass is 10.0. The van der Waals surface area contributed by atoms with Gasteiger partial charge >= 0.3 is 0 Å². The lowest BCUT2D eigenvalue weighted by molar-refractivity contribution is 0.603. The molecule has 1 radical (unpaired) electrons. The van der Waals surface area contributed by atoms with E-state index in [2.05, 4.69) is 19.9 Å². The Kier molecular flexibility index (Phi) is 2.09. The second kappa shape index (κ2) is 3.25. The van der Waals surface area contributed by atoms with E-state index in [0.29, 0.717) is 5.92 Å². The van der Waals surface area contributed by atoms with Gasteiger partial charge in [-0.1, -0.05) is 32.0 Å². The maximum Gasteiger partial charge on any atom is 0.134 e. The molecule has 1 aromatic carbocycles. The number of rotatable bonds is 2. The second-order valence-corrected chi connectivity index (χ2v) is 3.57. The molecule has 0 saturated heterocycles. The highest BCUT2D eigenvalue weighted by Crippen LogP contribution is 2.22. The summed E-state index contributed by atoms with van der Waals surface area (Å²) in [7, 11) is 0. The summed E-state index contributed by atoms with van der Waals surface area (Å²) < 4.78 is 5.42. The van der Waals surface area contributed by atoms with Crippen LogP contribution in [0.1, 0.15) is 12.5 Å². The van der Waals surface area contributed by atoms with Gasteiger partial charge in [-0.15, -0.1) is 0 Å². The summed E-state index contributed by atoms with van der Waals surface area (Å²) in [6, 6.07) is 8.11. The third-order valence-corrected chi connectivity index (χ3v) is 2.13. The van der Waals surface area contributed by atoms with Gasteiger partial charge in [0.15, 0.2) is 0 Å². The predicted molar refractivity (Wildman–Crippen MR) is 54.4 cm³/mol. The van der Waals surface area contributed by atoms with Crippen molar-refractivity contribution in [1.29, 1.82) is 0 Å². The Morgan fingerprint density at radius 3 is 2.92 bits per heavy atom. The van der Waals surface area contributed by atoms with E-state index in [1.54, 1.807) is 0 Å². The smallest absolute Gasteiger partial charge is 0.134 e. The number of furan rings is 1. The Bertz CT molecular complexity index is 398. The monoisotopic (exact) mass is 173 g/mol. The van der Waals surface area contributed by atoms with Crippen LogP contribution in [-0.4, -0.2) is 0 Å². The molecule has 2 rings (SSSR count). The number of fused-ring (bicyclic) bond motifs is 1. The molecule has 67 valence electrons. The molecular weight excluding hydrogens is 160 g/mol. The molecule has 13 heavy (non-hydrogen) atoms. The maximum absolute atomic E-state index is 5.42.